The van der Waals surface area contributed by atoms with E-state index in [0.717, 1.165) is 0 Å². The van der Waals surface area contributed by atoms with Crippen molar-refractivity contribution in [2.75, 3.05) is 0 Å². The molecule has 8 heavy (non-hydrogen) atoms. The molecule has 0 aromatic carbocycles. The molecule has 0 unspecified atom stereocenters. The van der Waals surface area contributed by atoms with Crippen molar-refractivity contribution in [3.8, 4) is 0 Å². The molecule has 0 aliphatic heterocycles. The van der Waals surface area contributed by atoms with Gasteiger partial charge in [-0.1, -0.05) is 0 Å². The number of aryl methyl sites for hydroxylation is 2. The first kappa shape index (κ1) is 7.81. The van der Waals surface area contributed by atoms with Crippen LogP contribution in [0.4, 0.5) is 0 Å². The van der Waals surface area contributed by atoms with Gasteiger partial charge in [0.15, 0.2) is 0 Å². The predicted octanol–water partition coefficient (Wildman–Crippen LogP) is 1.63. The molecule has 1 rings (SSSR count). The molecule has 1 heterocycles. The summed E-state index contributed by atoms with van der Waals surface area (Å²) in [5.74, 6) is 0. The molecule has 0 bridgehead atoms. The van der Waals surface area contributed by atoms with Crippen LogP contribution in [0.5, 0.6) is 0 Å². The van der Waals surface area contributed by atoms with Crippen molar-refractivity contribution in [1.29, 1.82) is 0 Å². The first-order valence-corrected chi connectivity index (χ1v) is 2.40. The molecule has 44 valence electrons. The Balaban J connectivity index is 0.000000490. The van der Waals surface area contributed by atoms with E-state index in [1.165, 1.54) is 11.3 Å². The summed E-state index contributed by atoms with van der Waals surface area (Å²) in [6.07, 6.45) is 2.00. The summed E-state index contributed by atoms with van der Waals surface area (Å²) < 4.78 is 0. The molecule has 2 heteroatoms. The molecule has 0 aliphatic carbocycles. The van der Waals surface area contributed by atoms with E-state index < -0.39 is 0 Å². The summed E-state index contributed by atoms with van der Waals surface area (Å²) >= 11 is 0. The van der Waals surface area contributed by atoms with Gasteiger partial charge in [-0.2, -0.15) is 0 Å². The number of H-pyrrole nitrogens is 1. The Bertz CT molecular complexity index is 141. The van der Waals surface area contributed by atoms with Crippen molar-refractivity contribution >= 4 is 0 Å². The van der Waals surface area contributed by atoms with Gasteiger partial charge in [-0.25, -0.2) is 0 Å². The van der Waals surface area contributed by atoms with Crippen LogP contribution < -0.4 is 0 Å². The largest absolute Gasteiger partial charge is 0.365 e. The minimum Gasteiger partial charge on any atom is -0.365 e. The standard InChI is InChI=1S/C6H9N.Cr/c1-5-3-6(2)7-4-5;/h3-4,7H,1-2H3;. The maximum Gasteiger partial charge on any atom is 0.0118 e. The van der Waals surface area contributed by atoms with Gasteiger partial charge in [-0.3, -0.25) is 0 Å². The molecular weight excluding hydrogens is 138 g/mol. The summed E-state index contributed by atoms with van der Waals surface area (Å²) in [5.41, 5.74) is 2.54. The molecule has 0 spiro atoms. The molecule has 0 fully saturated rings. The molecule has 0 saturated carbocycles. The van der Waals surface area contributed by atoms with Gasteiger partial charge in [0.25, 0.3) is 0 Å². The van der Waals surface area contributed by atoms with Crippen LogP contribution in [0.25, 0.3) is 0 Å². The van der Waals surface area contributed by atoms with Crippen molar-refractivity contribution in [1.82, 2.24) is 4.98 Å². The van der Waals surface area contributed by atoms with E-state index in [1.54, 1.807) is 0 Å². The summed E-state index contributed by atoms with van der Waals surface area (Å²) in [4.78, 5) is 3.07. The van der Waals surface area contributed by atoms with Crippen LogP contribution >= 0.6 is 0 Å². The van der Waals surface area contributed by atoms with Crippen molar-refractivity contribution in [2.45, 2.75) is 13.8 Å². The topological polar surface area (TPSA) is 15.8 Å². The van der Waals surface area contributed by atoms with Gasteiger partial charge in [0.05, 0.1) is 0 Å². The van der Waals surface area contributed by atoms with Gasteiger partial charge in [0.1, 0.15) is 0 Å². The number of aromatic nitrogens is 1. The van der Waals surface area contributed by atoms with Gasteiger partial charge in [-0.05, 0) is 25.5 Å². The third-order valence-electron chi connectivity index (χ3n) is 0.972. The molecule has 1 aromatic heterocycles. The molecule has 1 nitrogen and oxygen atoms in total. The van der Waals surface area contributed by atoms with E-state index in [0.29, 0.717) is 0 Å². The summed E-state index contributed by atoms with van der Waals surface area (Å²) in [6.45, 7) is 4.12. The Morgan fingerprint density at radius 3 is 2.12 bits per heavy atom. The van der Waals surface area contributed by atoms with E-state index in [9.17, 15) is 0 Å². The number of rotatable bonds is 0. The van der Waals surface area contributed by atoms with Crippen molar-refractivity contribution < 1.29 is 17.4 Å². The van der Waals surface area contributed by atoms with Crippen LogP contribution in [0, 0.1) is 13.8 Å². The van der Waals surface area contributed by atoms with Crippen LogP contribution in [0.3, 0.4) is 0 Å². The third kappa shape index (κ3) is 1.73. The van der Waals surface area contributed by atoms with Gasteiger partial charge >= 0.3 is 0 Å². The zero-order chi connectivity index (χ0) is 5.28. The molecular formula is C6H9CrN. The van der Waals surface area contributed by atoms with Crippen LogP contribution in [0.15, 0.2) is 12.3 Å². The van der Waals surface area contributed by atoms with Crippen LogP contribution in [-0.2, 0) is 17.4 Å². The first-order valence-electron chi connectivity index (χ1n) is 2.40. The Kier molecular flexibility index (Phi) is 2.89. The minimum absolute atomic E-state index is 0. The summed E-state index contributed by atoms with van der Waals surface area (Å²) in [7, 11) is 0. The molecule has 0 radical (unpaired) electrons. The second kappa shape index (κ2) is 2.96. The Morgan fingerprint density at radius 1 is 1.38 bits per heavy atom. The number of hydrogen-bond donors (Lipinski definition) is 1. The molecule has 0 amide bonds. The average molecular weight is 147 g/mol. The zero-order valence-electron chi connectivity index (χ0n) is 5.06. The van der Waals surface area contributed by atoms with Gasteiger partial charge in [0, 0.05) is 29.3 Å². The average Bonchev–Trinajstić information content (AvgIpc) is 1.87. The van der Waals surface area contributed by atoms with Crippen LogP contribution in [-0.4, -0.2) is 4.98 Å². The Labute approximate surface area is 60.2 Å². The van der Waals surface area contributed by atoms with Crippen molar-refractivity contribution in [3.05, 3.63) is 23.5 Å². The van der Waals surface area contributed by atoms with Gasteiger partial charge in [0.2, 0.25) is 0 Å². The maximum absolute atomic E-state index is 3.07. The summed E-state index contributed by atoms with van der Waals surface area (Å²) in [6, 6.07) is 2.11. The second-order valence-corrected chi connectivity index (χ2v) is 1.86. The summed E-state index contributed by atoms with van der Waals surface area (Å²) in [5, 5.41) is 0. The number of aromatic amines is 1. The normalized spacial score (nSPS) is 8.25. The maximum atomic E-state index is 3.07. The van der Waals surface area contributed by atoms with Crippen molar-refractivity contribution in [3.63, 3.8) is 0 Å². The molecule has 1 aromatic rings. The Morgan fingerprint density at radius 2 is 2.00 bits per heavy atom. The smallest absolute Gasteiger partial charge is 0.0118 e. The van der Waals surface area contributed by atoms with E-state index >= 15 is 0 Å². The number of hydrogen-bond acceptors (Lipinski definition) is 0. The molecule has 0 atom stereocenters. The van der Waals surface area contributed by atoms with E-state index in [-0.39, 0.29) is 17.4 Å². The molecule has 0 aliphatic rings. The SMILES string of the molecule is Cc1c[nH]c(C)c1.[Cr]. The minimum atomic E-state index is 0. The fraction of sp³-hybridized carbons (Fsp3) is 0.333. The van der Waals surface area contributed by atoms with E-state index in [4.69, 9.17) is 0 Å². The van der Waals surface area contributed by atoms with E-state index in [1.807, 2.05) is 13.1 Å². The fourth-order valence-corrected chi connectivity index (χ4v) is 0.653. The third-order valence-corrected chi connectivity index (χ3v) is 0.972. The zero-order valence-corrected chi connectivity index (χ0v) is 6.34. The van der Waals surface area contributed by atoms with E-state index in [2.05, 4.69) is 18.0 Å². The number of nitrogens with one attached hydrogen (secondary N) is 1. The molecule has 1 N–H and O–H groups in total. The Hall–Kier alpha value is -0.188. The monoisotopic (exact) mass is 147 g/mol. The quantitative estimate of drug-likeness (QED) is 0.574. The van der Waals surface area contributed by atoms with Gasteiger partial charge < -0.3 is 4.98 Å². The molecule has 0 saturated heterocycles. The van der Waals surface area contributed by atoms with Crippen LogP contribution in [0.2, 0.25) is 0 Å². The van der Waals surface area contributed by atoms with Gasteiger partial charge in [-0.15, -0.1) is 0 Å². The first-order chi connectivity index (χ1) is 3.29. The predicted molar refractivity (Wildman–Crippen MR) is 30.3 cm³/mol. The second-order valence-electron chi connectivity index (χ2n) is 1.86. The van der Waals surface area contributed by atoms with Crippen molar-refractivity contribution in [2.24, 2.45) is 0 Å². The van der Waals surface area contributed by atoms with Crippen LogP contribution in [0.1, 0.15) is 11.3 Å². The fourth-order valence-electron chi connectivity index (χ4n) is 0.653.